The molecular formula is C19H14ClN5O2S. The van der Waals surface area contributed by atoms with Gasteiger partial charge in [-0.3, -0.25) is 15.1 Å². The van der Waals surface area contributed by atoms with Crippen molar-refractivity contribution in [3.8, 4) is 28.8 Å². The number of anilines is 1. The zero-order valence-corrected chi connectivity index (χ0v) is 16.3. The summed E-state index contributed by atoms with van der Waals surface area (Å²) in [5, 5.41) is 12.0. The molecule has 0 spiro atoms. The van der Waals surface area contributed by atoms with Gasteiger partial charge in [-0.1, -0.05) is 28.9 Å². The van der Waals surface area contributed by atoms with Crippen LogP contribution >= 0.6 is 22.9 Å². The Bertz CT molecular complexity index is 1100. The van der Waals surface area contributed by atoms with Crippen LogP contribution in [0.1, 0.15) is 28.2 Å². The third-order valence-electron chi connectivity index (χ3n) is 3.97. The molecule has 1 amide bonds. The normalized spacial score (nSPS) is 12.8. The van der Waals surface area contributed by atoms with E-state index < -0.39 is 0 Å². The van der Waals surface area contributed by atoms with Crippen molar-refractivity contribution in [3.05, 3.63) is 46.3 Å². The standard InChI is InChI=1S/C19H14ClN5O2S/c1-27-14-5-6-15(20)22-17(14)13-10-21-9-8-12(13)18(26)23-19-25-24-16(28-19)7-4-11-2-3-11/h5-6,8-11H,2-3H2,1H3,(H,23,25,26). The van der Waals surface area contributed by atoms with Crippen LogP contribution in [0.25, 0.3) is 11.3 Å². The van der Waals surface area contributed by atoms with Crippen molar-refractivity contribution in [1.82, 2.24) is 20.2 Å². The van der Waals surface area contributed by atoms with Gasteiger partial charge >= 0.3 is 0 Å². The number of hydrogen-bond acceptors (Lipinski definition) is 7. The first-order chi connectivity index (χ1) is 13.6. The molecule has 0 radical (unpaired) electrons. The highest BCUT2D eigenvalue weighted by atomic mass is 35.5. The van der Waals surface area contributed by atoms with Gasteiger partial charge in [-0.25, -0.2) is 4.98 Å². The molecule has 3 heterocycles. The van der Waals surface area contributed by atoms with Crippen molar-refractivity contribution in [1.29, 1.82) is 0 Å². The molecule has 0 aliphatic heterocycles. The molecule has 9 heteroatoms. The first-order valence-electron chi connectivity index (χ1n) is 8.45. The molecule has 140 valence electrons. The highest BCUT2D eigenvalue weighted by molar-refractivity contribution is 7.15. The Morgan fingerprint density at radius 1 is 1.32 bits per heavy atom. The predicted octanol–water partition coefficient (Wildman–Crippen LogP) is 3.67. The zero-order valence-electron chi connectivity index (χ0n) is 14.8. The Labute approximate surface area is 170 Å². The number of methoxy groups -OCH3 is 1. The fourth-order valence-corrected chi connectivity index (χ4v) is 3.19. The first kappa shape index (κ1) is 18.3. The molecule has 3 aromatic rings. The van der Waals surface area contributed by atoms with Crippen molar-refractivity contribution in [3.63, 3.8) is 0 Å². The number of ether oxygens (including phenoxy) is 1. The SMILES string of the molecule is COc1ccc(Cl)nc1-c1cnccc1C(=O)Nc1nnc(C#CC2CC2)s1. The number of aromatic nitrogens is 4. The van der Waals surface area contributed by atoms with E-state index in [2.05, 4.69) is 37.3 Å². The van der Waals surface area contributed by atoms with E-state index in [4.69, 9.17) is 16.3 Å². The lowest BCUT2D eigenvalue weighted by Gasteiger charge is -2.11. The van der Waals surface area contributed by atoms with E-state index in [1.807, 2.05) is 0 Å². The summed E-state index contributed by atoms with van der Waals surface area (Å²) in [5.41, 5.74) is 1.29. The summed E-state index contributed by atoms with van der Waals surface area (Å²) in [4.78, 5) is 21.2. The van der Waals surface area contributed by atoms with Crippen molar-refractivity contribution in [2.75, 3.05) is 12.4 Å². The van der Waals surface area contributed by atoms with Crippen LogP contribution in [0.2, 0.25) is 5.15 Å². The smallest absolute Gasteiger partial charge is 0.258 e. The van der Waals surface area contributed by atoms with Gasteiger partial charge in [-0.2, -0.15) is 0 Å². The summed E-state index contributed by atoms with van der Waals surface area (Å²) in [6, 6.07) is 4.90. The van der Waals surface area contributed by atoms with Crippen molar-refractivity contribution in [2.45, 2.75) is 12.8 Å². The number of pyridine rings is 2. The van der Waals surface area contributed by atoms with E-state index in [0.29, 0.717) is 38.6 Å². The summed E-state index contributed by atoms with van der Waals surface area (Å²) in [7, 11) is 1.52. The molecule has 7 nitrogen and oxygen atoms in total. The molecule has 3 aromatic heterocycles. The predicted molar refractivity (Wildman–Crippen MR) is 106 cm³/mol. The number of rotatable bonds is 4. The highest BCUT2D eigenvalue weighted by Crippen LogP contribution is 2.32. The summed E-state index contributed by atoms with van der Waals surface area (Å²) in [5.74, 6) is 6.71. The number of nitrogens with zero attached hydrogens (tertiary/aromatic N) is 4. The third-order valence-corrected chi connectivity index (χ3v) is 4.94. The van der Waals surface area contributed by atoms with Crippen LogP contribution in [0.5, 0.6) is 5.75 Å². The van der Waals surface area contributed by atoms with Crippen molar-refractivity contribution >= 4 is 34.0 Å². The van der Waals surface area contributed by atoms with Crippen LogP contribution in [0.4, 0.5) is 5.13 Å². The number of halogens is 1. The van der Waals surface area contributed by atoms with Gasteiger partial charge < -0.3 is 4.74 Å². The minimum Gasteiger partial charge on any atom is -0.494 e. The van der Waals surface area contributed by atoms with Crippen molar-refractivity contribution in [2.24, 2.45) is 5.92 Å². The third kappa shape index (κ3) is 4.11. The maximum Gasteiger partial charge on any atom is 0.258 e. The van der Waals surface area contributed by atoms with Gasteiger partial charge in [0.2, 0.25) is 5.13 Å². The monoisotopic (exact) mass is 411 g/mol. The zero-order chi connectivity index (χ0) is 19.5. The summed E-state index contributed by atoms with van der Waals surface area (Å²) in [6.07, 6.45) is 5.35. The van der Waals surface area contributed by atoms with E-state index in [1.165, 1.54) is 24.6 Å². The number of nitrogens with one attached hydrogen (secondary N) is 1. The molecule has 1 aliphatic carbocycles. The molecule has 4 rings (SSSR count). The molecule has 0 bridgehead atoms. The second kappa shape index (κ2) is 7.92. The molecule has 0 atom stereocenters. The van der Waals surface area contributed by atoms with E-state index in [-0.39, 0.29) is 11.1 Å². The van der Waals surface area contributed by atoms with Crippen LogP contribution < -0.4 is 10.1 Å². The summed E-state index contributed by atoms with van der Waals surface area (Å²) in [6.45, 7) is 0. The number of carbonyl (C=O) groups excluding carboxylic acids is 1. The van der Waals surface area contributed by atoms with Gasteiger partial charge in [0.25, 0.3) is 5.91 Å². The van der Waals surface area contributed by atoms with Crippen LogP contribution in [0, 0.1) is 17.8 Å². The van der Waals surface area contributed by atoms with Crippen LogP contribution in [-0.4, -0.2) is 33.2 Å². The van der Waals surface area contributed by atoms with Crippen LogP contribution in [0.3, 0.4) is 0 Å². The van der Waals surface area contributed by atoms with E-state index in [0.717, 1.165) is 12.8 Å². The lowest BCUT2D eigenvalue weighted by atomic mass is 10.1. The van der Waals surface area contributed by atoms with Gasteiger partial charge in [-0.15, -0.1) is 10.2 Å². The Kier molecular flexibility index (Phi) is 5.19. The lowest BCUT2D eigenvalue weighted by molar-refractivity contribution is 0.102. The number of amides is 1. The van der Waals surface area contributed by atoms with Crippen molar-refractivity contribution < 1.29 is 9.53 Å². The average Bonchev–Trinajstić information content (AvgIpc) is 3.44. The molecule has 1 N–H and O–H groups in total. The largest absolute Gasteiger partial charge is 0.494 e. The lowest BCUT2D eigenvalue weighted by Crippen LogP contribution is -2.13. The molecular weight excluding hydrogens is 398 g/mol. The van der Waals surface area contributed by atoms with Gasteiger partial charge in [0, 0.05) is 23.9 Å². The topological polar surface area (TPSA) is 89.9 Å². The quantitative estimate of drug-likeness (QED) is 0.520. The minimum absolute atomic E-state index is 0.286. The van der Waals surface area contributed by atoms with Gasteiger partial charge in [0.1, 0.15) is 16.6 Å². The number of carbonyl (C=O) groups is 1. The molecule has 28 heavy (non-hydrogen) atoms. The molecule has 1 fully saturated rings. The first-order valence-corrected chi connectivity index (χ1v) is 9.65. The molecule has 1 aliphatic rings. The van der Waals surface area contributed by atoms with Crippen LogP contribution in [-0.2, 0) is 0 Å². The highest BCUT2D eigenvalue weighted by Gasteiger charge is 2.20. The van der Waals surface area contributed by atoms with Gasteiger partial charge in [0.05, 0.1) is 12.7 Å². The second-order valence-corrected chi connectivity index (χ2v) is 7.38. The minimum atomic E-state index is -0.362. The molecule has 0 unspecified atom stereocenters. The second-order valence-electron chi connectivity index (χ2n) is 6.02. The number of hydrogen-bond donors (Lipinski definition) is 1. The molecule has 0 aromatic carbocycles. The Morgan fingerprint density at radius 2 is 2.18 bits per heavy atom. The van der Waals surface area contributed by atoms with Crippen LogP contribution in [0.15, 0.2) is 30.6 Å². The average molecular weight is 412 g/mol. The maximum absolute atomic E-state index is 12.8. The van der Waals surface area contributed by atoms with E-state index >= 15 is 0 Å². The van der Waals surface area contributed by atoms with E-state index in [9.17, 15) is 4.79 Å². The molecule has 1 saturated carbocycles. The Balaban J connectivity index is 1.61. The van der Waals surface area contributed by atoms with Gasteiger partial charge in [0.15, 0.2) is 5.01 Å². The summed E-state index contributed by atoms with van der Waals surface area (Å²) < 4.78 is 5.35. The maximum atomic E-state index is 12.8. The summed E-state index contributed by atoms with van der Waals surface area (Å²) >= 11 is 7.26. The fourth-order valence-electron chi connectivity index (χ4n) is 2.44. The molecule has 0 saturated heterocycles. The Hall–Kier alpha value is -3.02. The van der Waals surface area contributed by atoms with E-state index in [1.54, 1.807) is 24.4 Å². The fraction of sp³-hybridized carbons (Fsp3) is 0.211. The van der Waals surface area contributed by atoms with Gasteiger partial charge in [-0.05, 0) is 37.0 Å². The Morgan fingerprint density at radius 3 is 2.96 bits per heavy atom.